The summed E-state index contributed by atoms with van der Waals surface area (Å²) in [5, 5.41) is 76.0. The summed E-state index contributed by atoms with van der Waals surface area (Å²) in [6.07, 6.45) is -12.6. The molecule has 0 bridgehead atoms. The molecule has 0 aromatic rings. The molecule has 0 radical (unpaired) electrons. The minimum Gasteiger partial charge on any atom is -0.394 e. The van der Waals surface area contributed by atoms with Gasteiger partial charge in [0.15, 0.2) is 5.25 Å². The minimum atomic E-state index is -5.17. The molecule has 0 spiro atoms. The fourth-order valence-electron chi connectivity index (χ4n) is 2.62. The van der Waals surface area contributed by atoms with Crippen LogP contribution in [0.5, 0.6) is 0 Å². The van der Waals surface area contributed by atoms with E-state index in [0.29, 0.717) is 0 Å². The van der Waals surface area contributed by atoms with Crippen LogP contribution in [0.3, 0.4) is 0 Å². The lowest BCUT2D eigenvalue weighted by atomic mass is 10.0. The van der Waals surface area contributed by atoms with Crippen molar-refractivity contribution in [3.63, 3.8) is 0 Å². The van der Waals surface area contributed by atoms with Crippen molar-refractivity contribution >= 4 is 21.3 Å². The van der Waals surface area contributed by atoms with Crippen molar-refractivity contribution in [2.45, 2.75) is 48.0 Å². The number of rotatable bonds is 10. The van der Waals surface area contributed by atoms with Crippen molar-refractivity contribution in [1.29, 1.82) is 0 Å². The maximum Gasteiger partial charge on any atom is 0.397 e. The average molecular weight is 425 g/mol. The van der Waals surface area contributed by atoms with Crippen molar-refractivity contribution in [2.24, 2.45) is 0 Å². The molecule has 0 amide bonds. The van der Waals surface area contributed by atoms with Gasteiger partial charge in [-0.05, 0) is 0 Å². The first-order chi connectivity index (χ1) is 11.9. The van der Waals surface area contributed by atoms with Gasteiger partial charge in [0, 0.05) is 10.9 Å². The Kier molecular flexibility index (Phi) is 9.12. The van der Waals surface area contributed by atoms with Gasteiger partial charge >= 0.3 is 10.4 Å². The Hall–Kier alpha value is -0.100. The van der Waals surface area contributed by atoms with Crippen LogP contribution in [-0.4, -0.2) is 127 Å². The van der Waals surface area contributed by atoms with E-state index in [9.17, 15) is 44.2 Å². The highest BCUT2D eigenvalue weighted by Gasteiger charge is 2.52. The first-order valence-electron chi connectivity index (χ1n) is 7.55. The first-order valence-corrected chi connectivity index (χ1v) is 10.5. The van der Waals surface area contributed by atoms with Gasteiger partial charge < -0.3 is 40.9 Å². The van der Waals surface area contributed by atoms with Crippen LogP contribution >= 0.6 is 0 Å². The molecule has 12 nitrogen and oxygen atoms in total. The van der Waals surface area contributed by atoms with Crippen LogP contribution in [0.1, 0.15) is 0 Å². The molecule has 156 valence electrons. The Balaban J connectivity index is 2.95. The molecular weight excluding hydrogens is 400 g/mol. The van der Waals surface area contributed by atoms with Gasteiger partial charge in [0.1, 0.15) is 54.2 Å². The smallest absolute Gasteiger partial charge is 0.394 e. The summed E-state index contributed by atoms with van der Waals surface area (Å²) in [6, 6.07) is 0. The second-order valence-corrected chi connectivity index (χ2v) is 9.33. The van der Waals surface area contributed by atoms with Crippen molar-refractivity contribution in [2.75, 3.05) is 24.7 Å². The largest absolute Gasteiger partial charge is 0.397 e. The molecule has 1 heterocycles. The fraction of sp³-hybridized carbons (Fsp3) is 1.00. The molecule has 0 aromatic heterocycles. The van der Waals surface area contributed by atoms with E-state index in [1.807, 2.05) is 0 Å². The molecule has 26 heavy (non-hydrogen) atoms. The quantitative estimate of drug-likeness (QED) is 0.118. The van der Waals surface area contributed by atoms with Crippen LogP contribution in [0.4, 0.5) is 0 Å². The third kappa shape index (κ3) is 6.22. The molecule has 0 aromatic carbocycles. The molecule has 1 saturated heterocycles. The monoisotopic (exact) mass is 425 g/mol. The number of aliphatic hydroxyl groups is 8. The summed E-state index contributed by atoms with van der Waals surface area (Å²) < 4.78 is 35.0. The Bertz CT molecular complexity index is 530. The maximum atomic E-state index is 11.0. The van der Waals surface area contributed by atoms with E-state index >= 15 is 0 Å². The minimum absolute atomic E-state index is 0.0139. The van der Waals surface area contributed by atoms with E-state index in [1.165, 1.54) is 0 Å². The highest BCUT2D eigenvalue weighted by molar-refractivity contribution is 7.97. The van der Waals surface area contributed by atoms with Gasteiger partial charge in [0.25, 0.3) is 0 Å². The van der Waals surface area contributed by atoms with Gasteiger partial charge in [-0.25, -0.2) is 4.18 Å². The van der Waals surface area contributed by atoms with E-state index in [2.05, 4.69) is 4.18 Å². The van der Waals surface area contributed by atoms with Gasteiger partial charge in [-0.3, -0.25) is 4.55 Å². The first kappa shape index (κ1) is 23.9. The van der Waals surface area contributed by atoms with Crippen LogP contribution in [0.25, 0.3) is 0 Å². The predicted octanol–water partition coefficient (Wildman–Crippen LogP) is -5.68. The molecule has 1 aliphatic heterocycles. The molecule has 1 aliphatic rings. The standard InChI is InChI=1S/C12H24O12S2/c13-1-5(15)10(19)11(20)12(24-26(21,22)23)7(17)4-25-3-6(16)9(18)8(25)2-14/h5-20H,1-4H2/p+1/t5-,6+,7+,8+,9-,10-,11+,12+,25-/m0/s1. The zero-order valence-corrected chi connectivity index (χ0v) is 15.1. The third-order valence-corrected chi connectivity index (χ3v) is 7.32. The van der Waals surface area contributed by atoms with E-state index in [4.69, 9.17) is 9.66 Å². The lowest BCUT2D eigenvalue weighted by Crippen LogP contribution is -2.53. The number of hydrogen-bond donors (Lipinski definition) is 9. The average Bonchev–Trinajstić information content (AvgIpc) is 2.82. The maximum absolute atomic E-state index is 11.0. The Morgan fingerprint density at radius 2 is 1.62 bits per heavy atom. The summed E-state index contributed by atoms with van der Waals surface area (Å²) in [5.74, 6) is -0.363. The second kappa shape index (κ2) is 9.90. The molecule has 1 rings (SSSR count). The van der Waals surface area contributed by atoms with Gasteiger partial charge in [-0.1, -0.05) is 0 Å². The summed E-state index contributed by atoms with van der Waals surface area (Å²) >= 11 is 0. The van der Waals surface area contributed by atoms with Crippen LogP contribution in [0.15, 0.2) is 0 Å². The van der Waals surface area contributed by atoms with Gasteiger partial charge in [0.05, 0.1) is 13.2 Å². The Morgan fingerprint density at radius 3 is 2.08 bits per heavy atom. The summed E-state index contributed by atoms with van der Waals surface area (Å²) in [4.78, 5) is 0. The lowest BCUT2D eigenvalue weighted by molar-refractivity contribution is -0.129. The van der Waals surface area contributed by atoms with Gasteiger partial charge in [0.2, 0.25) is 0 Å². The second-order valence-electron chi connectivity index (χ2n) is 5.94. The molecule has 0 unspecified atom stereocenters. The molecule has 0 saturated carbocycles. The van der Waals surface area contributed by atoms with Gasteiger partial charge in [-0.15, -0.1) is 0 Å². The van der Waals surface area contributed by atoms with Crippen molar-refractivity contribution in [3.8, 4) is 0 Å². The van der Waals surface area contributed by atoms with E-state index in [1.54, 1.807) is 0 Å². The third-order valence-electron chi connectivity index (χ3n) is 4.03. The van der Waals surface area contributed by atoms with Crippen molar-refractivity contribution < 1.29 is 58.0 Å². The van der Waals surface area contributed by atoms with E-state index < -0.39 is 82.5 Å². The molecular formula is C12H25O12S2+. The molecule has 0 aliphatic carbocycles. The molecule has 14 heteroatoms. The molecule has 1 fully saturated rings. The van der Waals surface area contributed by atoms with Crippen LogP contribution in [0, 0.1) is 0 Å². The normalized spacial score (nSPS) is 32.8. The number of aliphatic hydroxyl groups excluding tert-OH is 8. The van der Waals surface area contributed by atoms with Crippen LogP contribution in [0.2, 0.25) is 0 Å². The highest BCUT2D eigenvalue weighted by atomic mass is 32.3. The predicted molar refractivity (Wildman–Crippen MR) is 87.5 cm³/mol. The molecule has 9 atom stereocenters. The van der Waals surface area contributed by atoms with Crippen molar-refractivity contribution in [3.05, 3.63) is 0 Å². The van der Waals surface area contributed by atoms with Crippen LogP contribution in [-0.2, 0) is 25.5 Å². The summed E-state index contributed by atoms with van der Waals surface area (Å²) in [7, 11) is -6.18. The van der Waals surface area contributed by atoms with Gasteiger partial charge in [-0.2, -0.15) is 8.42 Å². The summed E-state index contributed by atoms with van der Waals surface area (Å²) in [6.45, 7) is -1.51. The fourth-order valence-corrected chi connectivity index (χ4v) is 5.83. The zero-order chi connectivity index (χ0) is 20.2. The van der Waals surface area contributed by atoms with Crippen molar-refractivity contribution in [1.82, 2.24) is 0 Å². The van der Waals surface area contributed by atoms with Crippen LogP contribution < -0.4 is 0 Å². The molecule has 9 N–H and O–H groups in total. The zero-order valence-electron chi connectivity index (χ0n) is 13.5. The topological polar surface area (TPSA) is 225 Å². The SMILES string of the molecule is O=S(=O)(O)O[C@@H]([C@H](O)[C@@H](O)[C@@H](O)CO)[C@H](O)C[S@+]1C[C@@H](O)[C@H](O)[C@H]1CO. The summed E-state index contributed by atoms with van der Waals surface area (Å²) in [5.41, 5.74) is 0. The lowest BCUT2D eigenvalue weighted by Gasteiger charge is -2.30. The van der Waals surface area contributed by atoms with E-state index in [-0.39, 0.29) is 11.5 Å². The Labute approximate surface area is 152 Å². The van der Waals surface area contributed by atoms with E-state index in [0.717, 1.165) is 0 Å². The number of hydrogen-bond acceptors (Lipinski definition) is 11. The highest BCUT2D eigenvalue weighted by Crippen LogP contribution is 2.26. The Morgan fingerprint density at radius 1 is 1.04 bits per heavy atom.